The van der Waals surface area contributed by atoms with Crippen LogP contribution >= 0.6 is 15.9 Å². The van der Waals surface area contributed by atoms with Crippen molar-refractivity contribution in [3.63, 3.8) is 0 Å². The number of carbonyl (C=O) groups excluding carboxylic acids is 1. The number of benzene rings is 2. The van der Waals surface area contributed by atoms with Crippen molar-refractivity contribution in [2.45, 2.75) is 25.9 Å². The first-order valence-electron chi connectivity index (χ1n) is 9.24. The molecule has 6 heteroatoms. The van der Waals surface area contributed by atoms with Gasteiger partial charge in [-0.25, -0.2) is 0 Å². The third-order valence-corrected chi connectivity index (χ3v) is 4.86. The standard InChI is InChI=1S/C22H24BrNO4/c1-15(2)13-27-18-8-6-17(7-9-18)24-22(25)16-5-10-21(20(23)12-16)28-14-19-4-3-11-26-19/h5-10,12,19H,1,3-4,11,13-14H2,2H3,(H,24,25). The molecular formula is C22H24BrNO4. The Balaban J connectivity index is 1.56. The van der Waals surface area contributed by atoms with Crippen LogP contribution < -0.4 is 14.8 Å². The van der Waals surface area contributed by atoms with Gasteiger partial charge in [0.2, 0.25) is 0 Å². The topological polar surface area (TPSA) is 56.8 Å². The summed E-state index contributed by atoms with van der Waals surface area (Å²) in [4.78, 5) is 12.5. The quantitative estimate of drug-likeness (QED) is 0.566. The monoisotopic (exact) mass is 445 g/mol. The first-order valence-corrected chi connectivity index (χ1v) is 10.0. The van der Waals surface area contributed by atoms with E-state index in [1.54, 1.807) is 30.3 Å². The molecule has 1 fully saturated rings. The number of ether oxygens (including phenoxy) is 3. The van der Waals surface area contributed by atoms with Gasteiger partial charge in [-0.1, -0.05) is 6.58 Å². The molecule has 0 aliphatic carbocycles. The highest BCUT2D eigenvalue weighted by Crippen LogP contribution is 2.27. The van der Waals surface area contributed by atoms with Crippen molar-refractivity contribution in [2.75, 3.05) is 25.1 Å². The third-order valence-electron chi connectivity index (χ3n) is 4.24. The molecule has 0 saturated carbocycles. The van der Waals surface area contributed by atoms with E-state index in [2.05, 4.69) is 27.8 Å². The van der Waals surface area contributed by atoms with E-state index in [1.165, 1.54) is 0 Å². The molecule has 0 spiro atoms. The van der Waals surface area contributed by atoms with Gasteiger partial charge < -0.3 is 19.5 Å². The van der Waals surface area contributed by atoms with Crippen molar-refractivity contribution in [2.24, 2.45) is 0 Å². The van der Waals surface area contributed by atoms with Crippen molar-refractivity contribution >= 4 is 27.5 Å². The molecule has 0 bridgehead atoms. The highest BCUT2D eigenvalue weighted by atomic mass is 79.9. The van der Waals surface area contributed by atoms with Gasteiger partial charge in [0, 0.05) is 17.9 Å². The van der Waals surface area contributed by atoms with Gasteiger partial charge in [0.1, 0.15) is 24.7 Å². The van der Waals surface area contributed by atoms with Gasteiger partial charge in [0.25, 0.3) is 5.91 Å². The first kappa shape index (κ1) is 20.4. The summed E-state index contributed by atoms with van der Waals surface area (Å²) in [5.74, 6) is 1.24. The van der Waals surface area contributed by atoms with Gasteiger partial charge in [-0.15, -0.1) is 0 Å². The third kappa shape index (κ3) is 5.84. The largest absolute Gasteiger partial charge is 0.490 e. The van der Waals surface area contributed by atoms with Crippen LogP contribution in [0.15, 0.2) is 59.1 Å². The maximum absolute atomic E-state index is 12.5. The van der Waals surface area contributed by atoms with Gasteiger partial charge in [-0.05, 0) is 83.7 Å². The number of hydrogen-bond donors (Lipinski definition) is 1. The van der Waals surface area contributed by atoms with Crippen LogP contribution in [0.3, 0.4) is 0 Å². The van der Waals surface area contributed by atoms with E-state index in [-0.39, 0.29) is 12.0 Å². The average Bonchev–Trinajstić information content (AvgIpc) is 3.20. The van der Waals surface area contributed by atoms with Crippen LogP contribution in [0, 0.1) is 0 Å². The van der Waals surface area contributed by atoms with Gasteiger partial charge >= 0.3 is 0 Å². The van der Waals surface area contributed by atoms with E-state index in [0.717, 1.165) is 35.2 Å². The van der Waals surface area contributed by atoms with Crippen LogP contribution in [0.25, 0.3) is 0 Å². The van der Waals surface area contributed by atoms with Crippen molar-refractivity contribution in [3.05, 3.63) is 64.7 Å². The van der Waals surface area contributed by atoms with E-state index in [0.29, 0.717) is 30.2 Å². The van der Waals surface area contributed by atoms with Gasteiger partial charge in [0.05, 0.1) is 10.6 Å². The van der Waals surface area contributed by atoms with Crippen LogP contribution in [0.4, 0.5) is 5.69 Å². The smallest absolute Gasteiger partial charge is 0.255 e. The van der Waals surface area contributed by atoms with Gasteiger partial charge in [-0.2, -0.15) is 0 Å². The van der Waals surface area contributed by atoms with Crippen molar-refractivity contribution < 1.29 is 19.0 Å². The van der Waals surface area contributed by atoms with E-state index in [4.69, 9.17) is 14.2 Å². The number of rotatable bonds is 8. The Morgan fingerprint density at radius 2 is 2.04 bits per heavy atom. The van der Waals surface area contributed by atoms with Crippen molar-refractivity contribution in [1.82, 2.24) is 0 Å². The molecule has 2 aromatic rings. The SMILES string of the molecule is C=C(C)COc1ccc(NC(=O)c2ccc(OCC3CCCO3)c(Br)c2)cc1. The number of nitrogens with one attached hydrogen (secondary N) is 1. The summed E-state index contributed by atoms with van der Waals surface area (Å²) in [5, 5.41) is 2.88. The Hall–Kier alpha value is -2.31. The van der Waals surface area contributed by atoms with E-state index in [1.807, 2.05) is 19.1 Å². The fourth-order valence-corrected chi connectivity index (χ4v) is 3.26. The minimum atomic E-state index is -0.193. The number of amides is 1. The van der Waals surface area contributed by atoms with Crippen LogP contribution in [0.2, 0.25) is 0 Å². The molecule has 0 aromatic heterocycles. The average molecular weight is 446 g/mol. The number of anilines is 1. The molecule has 1 amide bonds. The Labute approximate surface area is 173 Å². The molecule has 5 nitrogen and oxygen atoms in total. The summed E-state index contributed by atoms with van der Waals surface area (Å²) < 4.78 is 17.7. The molecule has 1 saturated heterocycles. The molecule has 28 heavy (non-hydrogen) atoms. The summed E-state index contributed by atoms with van der Waals surface area (Å²) in [5.41, 5.74) is 2.19. The Morgan fingerprint density at radius 3 is 2.68 bits per heavy atom. The molecular weight excluding hydrogens is 422 g/mol. The molecule has 1 atom stereocenters. The van der Waals surface area contributed by atoms with E-state index < -0.39 is 0 Å². The highest BCUT2D eigenvalue weighted by molar-refractivity contribution is 9.10. The number of halogens is 1. The lowest BCUT2D eigenvalue weighted by Crippen LogP contribution is -2.16. The zero-order valence-electron chi connectivity index (χ0n) is 15.9. The molecule has 1 unspecified atom stereocenters. The van der Waals surface area contributed by atoms with Crippen LogP contribution in [-0.2, 0) is 4.74 Å². The lowest BCUT2D eigenvalue weighted by molar-refractivity contribution is 0.0677. The maximum atomic E-state index is 12.5. The number of carbonyl (C=O) groups is 1. The molecule has 148 valence electrons. The zero-order valence-corrected chi connectivity index (χ0v) is 17.5. The maximum Gasteiger partial charge on any atom is 0.255 e. The Morgan fingerprint density at radius 1 is 1.25 bits per heavy atom. The van der Waals surface area contributed by atoms with Crippen molar-refractivity contribution in [3.8, 4) is 11.5 Å². The molecule has 2 aromatic carbocycles. The molecule has 1 heterocycles. The minimum Gasteiger partial charge on any atom is -0.490 e. The van der Waals surface area contributed by atoms with Crippen LogP contribution in [0.5, 0.6) is 11.5 Å². The summed E-state index contributed by atoms with van der Waals surface area (Å²) in [7, 11) is 0. The van der Waals surface area contributed by atoms with E-state index in [9.17, 15) is 4.79 Å². The zero-order chi connectivity index (χ0) is 19.9. The lowest BCUT2D eigenvalue weighted by Gasteiger charge is -2.13. The molecule has 3 rings (SSSR count). The Kier molecular flexibility index (Phi) is 7.12. The van der Waals surface area contributed by atoms with Gasteiger partial charge in [-0.3, -0.25) is 4.79 Å². The second kappa shape index (κ2) is 9.75. The second-order valence-corrected chi connectivity index (χ2v) is 7.67. The Bertz CT molecular complexity index is 829. The summed E-state index contributed by atoms with van der Waals surface area (Å²) >= 11 is 3.48. The molecule has 0 radical (unpaired) electrons. The van der Waals surface area contributed by atoms with Crippen LogP contribution in [0.1, 0.15) is 30.1 Å². The number of hydrogen-bond acceptors (Lipinski definition) is 4. The minimum absolute atomic E-state index is 0.150. The predicted molar refractivity (Wildman–Crippen MR) is 113 cm³/mol. The first-order chi connectivity index (χ1) is 13.5. The molecule has 1 N–H and O–H groups in total. The summed E-state index contributed by atoms with van der Waals surface area (Å²) in [6.07, 6.45) is 2.25. The van der Waals surface area contributed by atoms with Crippen molar-refractivity contribution in [1.29, 1.82) is 0 Å². The molecule has 1 aliphatic rings. The summed E-state index contributed by atoms with van der Waals surface area (Å²) in [6, 6.07) is 12.5. The predicted octanol–water partition coefficient (Wildman–Crippen LogP) is 5.21. The second-order valence-electron chi connectivity index (χ2n) is 6.82. The van der Waals surface area contributed by atoms with Gasteiger partial charge in [0.15, 0.2) is 0 Å². The summed E-state index contributed by atoms with van der Waals surface area (Å²) in [6.45, 7) is 7.50. The normalized spacial score (nSPS) is 15.9. The lowest BCUT2D eigenvalue weighted by atomic mass is 10.2. The fraction of sp³-hybridized carbons (Fsp3) is 0.318. The fourth-order valence-electron chi connectivity index (χ4n) is 2.76. The van der Waals surface area contributed by atoms with Crippen LogP contribution in [-0.4, -0.2) is 31.8 Å². The highest BCUT2D eigenvalue weighted by Gasteiger charge is 2.17. The molecule has 1 aliphatic heterocycles. The van der Waals surface area contributed by atoms with E-state index >= 15 is 0 Å².